The number of hydrogen-bond acceptors (Lipinski definition) is 3. The van der Waals surface area contributed by atoms with Gasteiger partial charge in [-0.05, 0) is 31.0 Å². The molecule has 1 aromatic rings. The average Bonchev–Trinajstić information content (AvgIpc) is 2.96. The van der Waals surface area contributed by atoms with Gasteiger partial charge in [-0.25, -0.2) is 0 Å². The molecule has 2 rings (SSSR count). The van der Waals surface area contributed by atoms with Gasteiger partial charge < -0.3 is 15.0 Å². The molecule has 1 saturated heterocycles. The predicted molar refractivity (Wildman–Crippen MR) is 86.0 cm³/mol. The van der Waals surface area contributed by atoms with Gasteiger partial charge in [0.2, 0.25) is 11.8 Å². The van der Waals surface area contributed by atoms with Crippen molar-refractivity contribution in [2.45, 2.75) is 25.4 Å². The second kappa shape index (κ2) is 8.33. The lowest BCUT2D eigenvalue weighted by Gasteiger charge is -2.18. The lowest BCUT2D eigenvalue weighted by atomic mass is 10.1. The first kappa shape index (κ1) is 19.2. The molecule has 25 heavy (non-hydrogen) atoms. The molecular formula is C17H21F3N2O3. The van der Waals surface area contributed by atoms with Crippen LogP contribution in [0.5, 0.6) is 0 Å². The van der Waals surface area contributed by atoms with Crippen LogP contribution in [-0.4, -0.2) is 38.6 Å². The van der Waals surface area contributed by atoms with E-state index in [0.29, 0.717) is 13.2 Å². The van der Waals surface area contributed by atoms with E-state index in [2.05, 4.69) is 5.32 Å². The molecule has 1 fully saturated rings. The topological polar surface area (TPSA) is 58.6 Å². The molecule has 1 aliphatic heterocycles. The van der Waals surface area contributed by atoms with Gasteiger partial charge in [-0.1, -0.05) is 6.07 Å². The van der Waals surface area contributed by atoms with Gasteiger partial charge in [0.25, 0.3) is 0 Å². The van der Waals surface area contributed by atoms with Gasteiger partial charge in [-0.2, -0.15) is 13.2 Å². The van der Waals surface area contributed by atoms with Crippen molar-refractivity contribution >= 4 is 17.5 Å². The summed E-state index contributed by atoms with van der Waals surface area (Å²) in [5.41, 5.74) is -0.654. The Labute approximate surface area is 144 Å². The van der Waals surface area contributed by atoms with Gasteiger partial charge in [-0.15, -0.1) is 0 Å². The first-order valence-electron chi connectivity index (χ1n) is 8.07. The van der Waals surface area contributed by atoms with E-state index in [1.807, 2.05) is 0 Å². The number of hydrogen-bond donors (Lipinski definition) is 1. The van der Waals surface area contributed by atoms with E-state index in [1.165, 1.54) is 17.0 Å². The summed E-state index contributed by atoms with van der Waals surface area (Å²) in [6, 6.07) is 4.59. The first-order valence-corrected chi connectivity index (χ1v) is 8.07. The van der Waals surface area contributed by atoms with Gasteiger partial charge >= 0.3 is 6.18 Å². The quantitative estimate of drug-likeness (QED) is 0.763. The van der Waals surface area contributed by atoms with Crippen molar-refractivity contribution in [3.05, 3.63) is 29.8 Å². The van der Waals surface area contributed by atoms with Crippen molar-refractivity contribution in [1.82, 2.24) is 5.32 Å². The predicted octanol–water partition coefficient (Wildman–Crippen LogP) is 2.60. The zero-order chi connectivity index (χ0) is 18.4. The normalized spacial score (nSPS) is 17.8. The molecule has 138 valence electrons. The van der Waals surface area contributed by atoms with Crippen molar-refractivity contribution in [1.29, 1.82) is 0 Å². The molecule has 2 amide bonds. The standard InChI is InChI=1S/C17H21F3N2O3/c1-25-8-3-2-7-21-16(24)12-9-15(23)22(11-12)14-6-4-5-13(10-14)17(18,19)20/h4-6,10,12H,2-3,7-9,11H2,1H3,(H,21,24). The number of carbonyl (C=O) groups excluding carboxylic acids is 2. The number of ether oxygens (including phenoxy) is 1. The van der Waals surface area contributed by atoms with Gasteiger partial charge in [0.15, 0.2) is 0 Å². The van der Waals surface area contributed by atoms with Gasteiger partial charge in [0, 0.05) is 38.9 Å². The smallest absolute Gasteiger partial charge is 0.385 e. The van der Waals surface area contributed by atoms with Crippen LogP contribution in [0, 0.1) is 5.92 Å². The Balaban J connectivity index is 1.95. The number of nitrogens with one attached hydrogen (secondary N) is 1. The van der Waals surface area contributed by atoms with E-state index in [4.69, 9.17) is 4.74 Å². The molecule has 0 aromatic heterocycles. The Bertz CT molecular complexity index is 619. The van der Waals surface area contributed by atoms with E-state index in [-0.39, 0.29) is 30.5 Å². The number of methoxy groups -OCH3 is 1. The van der Waals surface area contributed by atoms with Crippen LogP contribution in [0.4, 0.5) is 18.9 Å². The minimum atomic E-state index is -4.47. The molecular weight excluding hydrogens is 337 g/mol. The van der Waals surface area contributed by atoms with Gasteiger partial charge in [0.05, 0.1) is 11.5 Å². The Morgan fingerprint density at radius 1 is 1.36 bits per heavy atom. The molecule has 0 spiro atoms. The minimum absolute atomic E-state index is 0.000149. The fourth-order valence-corrected chi connectivity index (χ4v) is 2.71. The molecule has 1 N–H and O–H groups in total. The summed E-state index contributed by atoms with van der Waals surface area (Å²) < 4.78 is 43.3. The molecule has 0 bridgehead atoms. The SMILES string of the molecule is COCCCCNC(=O)C1CC(=O)N(c2cccc(C(F)(F)F)c2)C1. The fourth-order valence-electron chi connectivity index (χ4n) is 2.71. The minimum Gasteiger partial charge on any atom is -0.385 e. The molecule has 0 aliphatic carbocycles. The molecule has 0 radical (unpaired) electrons. The zero-order valence-electron chi connectivity index (χ0n) is 13.9. The first-order chi connectivity index (χ1) is 11.8. The number of alkyl halides is 3. The molecule has 0 saturated carbocycles. The van der Waals surface area contributed by atoms with Crippen LogP contribution >= 0.6 is 0 Å². The average molecular weight is 358 g/mol. The highest BCUT2D eigenvalue weighted by Gasteiger charge is 2.36. The maximum absolute atomic E-state index is 12.8. The van der Waals surface area contributed by atoms with Crippen LogP contribution in [-0.2, 0) is 20.5 Å². The highest BCUT2D eigenvalue weighted by molar-refractivity contribution is 6.00. The highest BCUT2D eigenvalue weighted by atomic mass is 19.4. The summed E-state index contributed by atoms with van der Waals surface area (Å²) in [5.74, 6) is -1.15. The van der Waals surface area contributed by atoms with Crippen LogP contribution in [0.1, 0.15) is 24.8 Å². The summed E-state index contributed by atoms with van der Waals surface area (Å²) in [6.07, 6.45) is -2.90. The van der Waals surface area contributed by atoms with Crippen molar-refractivity contribution in [2.24, 2.45) is 5.92 Å². The van der Waals surface area contributed by atoms with Crippen molar-refractivity contribution in [3.8, 4) is 0 Å². The highest BCUT2D eigenvalue weighted by Crippen LogP contribution is 2.33. The Kier molecular flexibility index (Phi) is 6.41. The number of benzene rings is 1. The molecule has 1 atom stereocenters. The summed E-state index contributed by atoms with van der Waals surface area (Å²) in [4.78, 5) is 25.5. The zero-order valence-corrected chi connectivity index (χ0v) is 13.9. The molecule has 1 aromatic carbocycles. The number of rotatable bonds is 7. The van der Waals surface area contributed by atoms with E-state index >= 15 is 0 Å². The van der Waals surface area contributed by atoms with Gasteiger partial charge in [0.1, 0.15) is 0 Å². The molecule has 1 aliphatic rings. The summed E-state index contributed by atoms with van der Waals surface area (Å²) in [7, 11) is 1.60. The van der Waals surface area contributed by atoms with Gasteiger partial charge in [-0.3, -0.25) is 9.59 Å². The number of halogens is 3. The van der Waals surface area contributed by atoms with E-state index in [1.54, 1.807) is 7.11 Å². The summed E-state index contributed by atoms with van der Waals surface area (Å²) in [6.45, 7) is 1.18. The van der Waals surface area contributed by atoms with Crippen molar-refractivity contribution in [3.63, 3.8) is 0 Å². The van der Waals surface area contributed by atoms with Crippen molar-refractivity contribution in [2.75, 3.05) is 31.7 Å². The molecule has 8 heteroatoms. The lowest BCUT2D eigenvalue weighted by molar-refractivity contribution is -0.137. The van der Waals surface area contributed by atoms with Crippen LogP contribution in [0.2, 0.25) is 0 Å². The van der Waals surface area contributed by atoms with E-state index in [9.17, 15) is 22.8 Å². The third-order valence-electron chi connectivity index (χ3n) is 4.06. The third kappa shape index (κ3) is 5.19. The molecule has 1 unspecified atom stereocenters. The summed E-state index contributed by atoms with van der Waals surface area (Å²) >= 11 is 0. The summed E-state index contributed by atoms with van der Waals surface area (Å²) in [5, 5.41) is 2.76. The lowest BCUT2D eigenvalue weighted by Crippen LogP contribution is -2.33. The van der Waals surface area contributed by atoms with Crippen molar-refractivity contribution < 1.29 is 27.5 Å². The largest absolute Gasteiger partial charge is 0.416 e. The number of unbranched alkanes of at least 4 members (excludes halogenated alkanes) is 1. The Morgan fingerprint density at radius 2 is 2.12 bits per heavy atom. The monoisotopic (exact) mass is 358 g/mol. The van der Waals surface area contributed by atoms with Crippen LogP contribution < -0.4 is 10.2 Å². The van der Waals surface area contributed by atoms with Crippen LogP contribution in [0.15, 0.2) is 24.3 Å². The number of amides is 2. The number of anilines is 1. The molecule has 5 nitrogen and oxygen atoms in total. The number of nitrogens with zero attached hydrogens (tertiary/aromatic N) is 1. The van der Waals surface area contributed by atoms with Crippen LogP contribution in [0.25, 0.3) is 0 Å². The second-order valence-electron chi connectivity index (χ2n) is 5.94. The maximum atomic E-state index is 12.8. The Morgan fingerprint density at radius 3 is 2.80 bits per heavy atom. The fraction of sp³-hybridized carbons (Fsp3) is 0.529. The number of carbonyl (C=O) groups is 2. The Hall–Kier alpha value is -2.09. The maximum Gasteiger partial charge on any atom is 0.416 e. The van der Waals surface area contributed by atoms with E-state index in [0.717, 1.165) is 25.0 Å². The third-order valence-corrected chi connectivity index (χ3v) is 4.06. The van der Waals surface area contributed by atoms with Crippen LogP contribution in [0.3, 0.4) is 0 Å². The van der Waals surface area contributed by atoms with E-state index < -0.39 is 17.7 Å². The molecule has 1 heterocycles. The second-order valence-corrected chi connectivity index (χ2v) is 5.94.